The SMILES string of the molecule is CC(C)CSc1nnc(NC(=O)[C@@H](C)N(c2ccc(F)cc2)S(C)(=O)=O)s1. The summed E-state index contributed by atoms with van der Waals surface area (Å²) in [6.45, 7) is 5.64. The summed E-state index contributed by atoms with van der Waals surface area (Å²) < 4.78 is 39.2. The van der Waals surface area contributed by atoms with Crippen LogP contribution in [0.2, 0.25) is 0 Å². The second-order valence-electron chi connectivity index (χ2n) is 6.28. The van der Waals surface area contributed by atoms with Gasteiger partial charge in [-0.05, 0) is 37.1 Å². The van der Waals surface area contributed by atoms with Gasteiger partial charge in [0.1, 0.15) is 11.9 Å². The van der Waals surface area contributed by atoms with Gasteiger partial charge < -0.3 is 0 Å². The summed E-state index contributed by atoms with van der Waals surface area (Å²) in [6, 6.07) is 3.85. The van der Waals surface area contributed by atoms with Crippen molar-refractivity contribution in [1.29, 1.82) is 0 Å². The van der Waals surface area contributed by atoms with Gasteiger partial charge in [0.15, 0.2) is 4.34 Å². The molecule has 0 aliphatic heterocycles. The largest absolute Gasteiger partial charge is 0.299 e. The fourth-order valence-electron chi connectivity index (χ4n) is 2.16. The van der Waals surface area contributed by atoms with E-state index in [1.807, 2.05) is 0 Å². The van der Waals surface area contributed by atoms with Crippen LogP contribution in [0.5, 0.6) is 0 Å². The van der Waals surface area contributed by atoms with E-state index in [0.717, 1.165) is 32.8 Å². The van der Waals surface area contributed by atoms with Gasteiger partial charge in [0.05, 0.1) is 11.9 Å². The van der Waals surface area contributed by atoms with Crippen LogP contribution in [-0.2, 0) is 14.8 Å². The van der Waals surface area contributed by atoms with Crippen molar-refractivity contribution in [3.8, 4) is 0 Å². The van der Waals surface area contributed by atoms with Crippen LogP contribution in [-0.4, -0.2) is 42.6 Å². The molecule has 0 saturated carbocycles. The molecule has 2 aromatic rings. The smallest absolute Gasteiger partial charge is 0.249 e. The van der Waals surface area contributed by atoms with Gasteiger partial charge in [-0.2, -0.15) is 0 Å². The zero-order valence-electron chi connectivity index (χ0n) is 15.3. The highest BCUT2D eigenvalue weighted by atomic mass is 32.2. The van der Waals surface area contributed by atoms with Crippen LogP contribution in [0.4, 0.5) is 15.2 Å². The number of hydrogen-bond donors (Lipinski definition) is 1. The molecule has 7 nitrogen and oxygen atoms in total. The number of anilines is 2. The third-order valence-electron chi connectivity index (χ3n) is 3.35. The first-order chi connectivity index (χ1) is 12.6. The Balaban J connectivity index is 2.14. The predicted molar refractivity (Wildman–Crippen MR) is 107 cm³/mol. The number of sulfonamides is 1. The molecule has 27 heavy (non-hydrogen) atoms. The van der Waals surface area contributed by atoms with Gasteiger partial charge in [0, 0.05) is 5.75 Å². The standard InChI is InChI=1S/C16H21FN4O3S3/c1-10(2)9-25-16-20-19-15(26-16)18-14(22)11(3)21(27(4,23)24)13-7-5-12(17)6-8-13/h5-8,10-11H,9H2,1-4H3,(H,18,19,22)/t11-/m1/s1. The lowest BCUT2D eigenvalue weighted by Crippen LogP contribution is -2.45. The Hall–Kier alpha value is -1.72. The fraction of sp³-hybridized carbons (Fsp3) is 0.438. The topological polar surface area (TPSA) is 92.3 Å². The van der Waals surface area contributed by atoms with Crippen LogP contribution >= 0.6 is 23.1 Å². The molecule has 0 aliphatic carbocycles. The Morgan fingerprint density at radius 1 is 1.26 bits per heavy atom. The zero-order valence-corrected chi connectivity index (χ0v) is 17.8. The molecule has 0 saturated heterocycles. The molecular formula is C16H21FN4O3S3. The van der Waals surface area contributed by atoms with Gasteiger partial charge in [0.25, 0.3) is 0 Å². The van der Waals surface area contributed by atoms with Crippen LogP contribution < -0.4 is 9.62 Å². The highest BCUT2D eigenvalue weighted by Crippen LogP contribution is 2.27. The van der Waals surface area contributed by atoms with Crippen LogP contribution in [0.15, 0.2) is 28.6 Å². The molecule has 0 aliphatic rings. The summed E-state index contributed by atoms with van der Waals surface area (Å²) in [5.74, 6) is 0.327. The lowest BCUT2D eigenvalue weighted by atomic mass is 10.2. The van der Waals surface area contributed by atoms with Crippen molar-refractivity contribution in [2.75, 3.05) is 21.6 Å². The van der Waals surface area contributed by atoms with Crippen molar-refractivity contribution < 1.29 is 17.6 Å². The monoisotopic (exact) mass is 432 g/mol. The molecule has 148 valence electrons. The number of halogens is 1. The summed E-state index contributed by atoms with van der Waals surface area (Å²) in [5, 5.41) is 10.8. The van der Waals surface area contributed by atoms with Gasteiger partial charge in [0.2, 0.25) is 21.1 Å². The van der Waals surface area contributed by atoms with Gasteiger partial charge in [-0.15, -0.1) is 10.2 Å². The van der Waals surface area contributed by atoms with E-state index in [4.69, 9.17) is 0 Å². The van der Waals surface area contributed by atoms with Crippen molar-refractivity contribution >= 4 is 49.8 Å². The number of amides is 1. The number of carbonyl (C=O) groups is 1. The third kappa shape index (κ3) is 6.15. The average Bonchev–Trinajstić information content (AvgIpc) is 3.01. The number of carbonyl (C=O) groups excluding carboxylic acids is 1. The normalized spacial score (nSPS) is 12.8. The lowest BCUT2D eigenvalue weighted by molar-refractivity contribution is -0.116. The third-order valence-corrected chi connectivity index (χ3v) is 6.99. The first-order valence-corrected chi connectivity index (χ1v) is 11.7. The maximum absolute atomic E-state index is 13.1. The minimum atomic E-state index is -3.77. The number of thioether (sulfide) groups is 1. The Morgan fingerprint density at radius 2 is 1.89 bits per heavy atom. The average molecular weight is 433 g/mol. The van der Waals surface area contributed by atoms with Crippen molar-refractivity contribution in [2.45, 2.75) is 31.2 Å². The molecule has 2 rings (SSSR count). The number of rotatable bonds is 8. The first kappa shape index (κ1) is 21.6. The van der Waals surface area contributed by atoms with E-state index in [0.29, 0.717) is 11.0 Å². The minimum absolute atomic E-state index is 0.201. The molecule has 0 spiro atoms. The van der Waals surface area contributed by atoms with E-state index < -0.39 is 27.8 Å². The molecular weight excluding hydrogens is 411 g/mol. The molecule has 1 atom stereocenters. The molecule has 0 radical (unpaired) electrons. The Morgan fingerprint density at radius 3 is 2.44 bits per heavy atom. The van der Waals surface area contributed by atoms with Crippen LogP contribution in [0.3, 0.4) is 0 Å². The van der Waals surface area contributed by atoms with Crippen molar-refractivity contribution in [3.05, 3.63) is 30.1 Å². The molecule has 1 aromatic carbocycles. The molecule has 1 aromatic heterocycles. The molecule has 0 fully saturated rings. The Bertz CT molecular complexity index is 885. The molecule has 1 heterocycles. The Labute approximate surface area is 166 Å². The maximum atomic E-state index is 13.1. The van der Waals surface area contributed by atoms with Gasteiger partial charge in [-0.1, -0.05) is 36.9 Å². The van der Waals surface area contributed by atoms with Crippen LogP contribution in [0.1, 0.15) is 20.8 Å². The van der Waals surface area contributed by atoms with E-state index in [2.05, 4.69) is 29.4 Å². The van der Waals surface area contributed by atoms with Crippen molar-refractivity contribution in [3.63, 3.8) is 0 Å². The van der Waals surface area contributed by atoms with Crippen molar-refractivity contribution in [1.82, 2.24) is 10.2 Å². The predicted octanol–water partition coefficient (Wildman–Crippen LogP) is 3.22. The summed E-state index contributed by atoms with van der Waals surface area (Å²) >= 11 is 2.77. The maximum Gasteiger partial charge on any atom is 0.249 e. The second kappa shape index (κ2) is 8.98. The number of aromatic nitrogens is 2. The van der Waals surface area contributed by atoms with E-state index in [1.54, 1.807) is 11.8 Å². The Kier molecular flexibility index (Phi) is 7.18. The van der Waals surface area contributed by atoms with E-state index in [-0.39, 0.29) is 5.69 Å². The van der Waals surface area contributed by atoms with Gasteiger partial charge in [-0.25, -0.2) is 12.8 Å². The van der Waals surface area contributed by atoms with E-state index >= 15 is 0 Å². The summed E-state index contributed by atoms with van der Waals surface area (Å²) in [7, 11) is -3.77. The fourth-order valence-corrected chi connectivity index (χ4v) is 5.07. The van der Waals surface area contributed by atoms with E-state index in [9.17, 15) is 17.6 Å². The first-order valence-electron chi connectivity index (χ1n) is 8.10. The number of hydrogen-bond acceptors (Lipinski definition) is 7. The number of nitrogens with one attached hydrogen (secondary N) is 1. The highest BCUT2D eigenvalue weighted by Gasteiger charge is 2.29. The van der Waals surface area contributed by atoms with Gasteiger partial charge in [-0.3, -0.25) is 14.4 Å². The van der Waals surface area contributed by atoms with E-state index in [1.165, 1.54) is 30.4 Å². The molecule has 11 heteroatoms. The lowest BCUT2D eigenvalue weighted by Gasteiger charge is -2.27. The van der Waals surface area contributed by atoms with Crippen LogP contribution in [0.25, 0.3) is 0 Å². The van der Waals surface area contributed by atoms with Gasteiger partial charge >= 0.3 is 0 Å². The van der Waals surface area contributed by atoms with Crippen molar-refractivity contribution in [2.24, 2.45) is 5.92 Å². The highest BCUT2D eigenvalue weighted by molar-refractivity contribution is 8.01. The molecule has 0 unspecified atom stereocenters. The molecule has 1 N–H and O–H groups in total. The second-order valence-corrected chi connectivity index (χ2v) is 10.4. The summed E-state index contributed by atoms with van der Waals surface area (Å²) in [4.78, 5) is 12.6. The molecule has 1 amide bonds. The number of benzene rings is 1. The summed E-state index contributed by atoms with van der Waals surface area (Å²) in [6.07, 6.45) is 0.992. The molecule has 0 bridgehead atoms. The summed E-state index contributed by atoms with van der Waals surface area (Å²) in [5.41, 5.74) is 0.201. The van der Waals surface area contributed by atoms with Crippen LogP contribution in [0, 0.1) is 11.7 Å². The number of nitrogens with zero attached hydrogens (tertiary/aromatic N) is 3. The quantitative estimate of drug-likeness (QED) is 0.509. The minimum Gasteiger partial charge on any atom is -0.299 e. The zero-order chi connectivity index (χ0) is 20.2.